The van der Waals surface area contributed by atoms with Crippen molar-refractivity contribution < 1.29 is 32.8 Å². The molecule has 2 aromatic carbocycles. The molecule has 0 spiro atoms. The number of hydroxylamine groups is 1. The molecule has 1 heterocycles. The predicted molar refractivity (Wildman–Crippen MR) is 138 cm³/mol. The summed E-state index contributed by atoms with van der Waals surface area (Å²) >= 11 is 0. The van der Waals surface area contributed by atoms with Crippen LogP contribution in [0, 0.1) is 16.0 Å². The number of amides is 1. The maximum Gasteiger partial charge on any atom is 0.407 e. The number of nitrogens with one attached hydrogen (secondary N) is 2. The van der Waals surface area contributed by atoms with Gasteiger partial charge in [0, 0.05) is 31.6 Å². The van der Waals surface area contributed by atoms with Crippen LogP contribution in [-0.4, -0.2) is 73.4 Å². The molecule has 0 saturated carbocycles. The first kappa shape index (κ1) is 29.5. The number of alkyl carbamates (subject to hydrolysis) is 1. The van der Waals surface area contributed by atoms with Gasteiger partial charge in [0.15, 0.2) is 0 Å². The largest absolute Gasteiger partial charge is 0.444 e. The molecule has 3 atom stereocenters. The fourth-order valence-corrected chi connectivity index (χ4v) is 5.78. The number of nitrogens with zero attached hydrogens (tertiary/aromatic N) is 2. The van der Waals surface area contributed by atoms with Crippen molar-refractivity contribution in [2.24, 2.45) is 5.92 Å². The summed E-state index contributed by atoms with van der Waals surface area (Å²) in [6, 6.07) is 12.2. The standard InChI is InChI=1S/C25H34N4O8S/c1-18(2)15-28(38(34,35)22-10-8-20(9-11-22)29(32)33)16-24(27-31)23(14-19-6-4-3-5-7-19)26-25(30)37-21-12-13-36-17-21/h3-11,18,21,23-24,27,31H,12-17H2,1-2H3,(H,26,30)/t21-,23-,24?/m0/s1. The van der Waals surface area contributed by atoms with E-state index in [2.05, 4.69) is 10.8 Å². The Hall–Kier alpha value is -3.10. The van der Waals surface area contributed by atoms with Crippen molar-refractivity contribution >= 4 is 21.8 Å². The molecular weight excluding hydrogens is 516 g/mol. The number of hydrogen-bond donors (Lipinski definition) is 3. The summed E-state index contributed by atoms with van der Waals surface area (Å²) in [7, 11) is -4.10. The van der Waals surface area contributed by atoms with Crippen molar-refractivity contribution in [3.05, 3.63) is 70.3 Å². The van der Waals surface area contributed by atoms with E-state index >= 15 is 0 Å². The van der Waals surface area contributed by atoms with E-state index in [-0.39, 0.29) is 42.1 Å². The summed E-state index contributed by atoms with van der Waals surface area (Å²) in [5.41, 5.74) is 2.81. The molecular formula is C25H34N4O8S. The molecule has 1 amide bonds. The van der Waals surface area contributed by atoms with Crippen LogP contribution in [-0.2, 0) is 25.9 Å². The SMILES string of the molecule is CC(C)CN(CC(NO)[C@H](Cc1ccccc1)NC(=O)O[C@H]1CCOC1)S(=O)(=O)c1ccc([N+](=O)[O-])cc1. The molecule has 1 aliphatic rings. The maximum atomic E-state index is 13.6. The van der Waals surface area contributed by atoms with Crippen molar-refractivity contribution in [2.75, 3.05) is 26.3 Å². The van der Waals surface area contributed by atoms with Crippen LogP contribution in [0.25, 0.3) is 0 Å². The van der Waals surface area contributed by atoms with E-state index in [0.29, 0.717) is 19.6 Å². The van der Waals surface area contributed by atoms with Gasteiger partial charge in [-0.2, -0.15) is 9.79 Å². The van der Waals surface area contributed by atoms with Crippen LogP contribution >= 0.6 is 0 Å². The van der Waals surface area contributed by atoms with E-state index in [1.54, 1.807) is 0 Å². The number of non-ortho nitro benzene ring substituents is 1. The zero-order valence-electron chi connectivity index (χ0n) is 21.4. The third-order valence-corrected chi connectivity index (χ3v) is 7.92. The molecule has 0 aromatic heterocycles. The lowest BCUT2D eigenvalue weighted by molar-refractivity contribution is -0.384. The van der Waals surface area contributed by atoms with Gasteiger partial charge in [0.2, 0.25) is 10.0 Å². The molecule has 0 bridgehead atoms. The molecule has 2 aromatic rings. The first-order valence-corrected chi connectivity index (χ1v) is 13.8. The Labute approximate surface area is 222 Å². The quantitative estimate of drug-likeness (QED) is 0.252. The van der Waals surface area contributed by atoms with Gasteiger partial charge in [-0.25, -0.2) is 13.2 Å². The van der Waals surface area contributed by atoms with E-state index in [0.717, 1.165) is 17.7 Å². The van der Waals surface area contributed by atoms with E-state index in [1.165, 1.54) is 16.4 Å². The third-order valence-electron chi connectivity index (χ3n) is 6.07. The molecule has 1 saturated heterocycles. The highest BCUT2D eigenvalue weighted by Crippen LogP contribution is 2.22. The number of rotatable bonds is 13. The lowest BCUT2D eigenvalue weighted by Gasteiger charge is -2.32. The van der Waals surface area contributed by atoms with Gasteiger partial charge in [0.05, 0.1) is 35.1 Å². The van der Waals surface area contributed by atoms with Gasteiger partial charge in [0.1, 0.15) is 6.10 Å². The van der Waals surface area contributed by atoms with Gasteiger partial charge in [0.25, 0.3) is 5.69 Å². The average Bonchev–Trinajstić information content (AvgIpc) is 3.39. The molecule has 3 rings (SSSR count). The fourth-order valence-electron chi connectivity index (χ4n) is 4.15. The highest BCUT2D eigenvalue weighted by molar-refractivity contribution is 7.89. The van der Waals surface area contributed by atoms with Gasteiger partial charge in [-0.1, -0.05) is 44.2 Å². The van der Waals surface area contributed by atoms with Crippen molar-refractivity contribution in [3.8, 4) is 0 Å². The minimum absolute atomic E-state index is 0.0740. The Morgan fingerprint density at radius 1 is 1.16 bits per heavy atom. The molecule has 1 fully saturated rings. The van der Waals surface area contributed by atoms with Crippen molar-refractivity contribution in [3.63, 3.8) is 0 Å². The van der Waals surface area contributed by atoms with E-state index < -0.39 is 33.1 Å². The Morgan fingerprint density at radius 2 is 1.84 bits per heavy atom. The van der Waals surface area contributed by atoms with Crippen molar-refractivity contribution in [1.29, 1.82) is 0 Å². The average molecular weight is 551 g/mol. The number of benzene rings is 2. The first-order chi connectivity index (χ1) is 18.1. The highest BCUT2D eigenvalue weighted by Gasteiger charge is 2.33. The molecule has 1 unspecified atom stereocenters. The van der Waals surface area contributed by atoms with Gasteiger partial charge in [-0.15, -0.1) is 0 Å². The zero-order chi connectivity index (χ0) is 27.7. The summed E-state index contributed by atoms with van der Waals surface area (Å²) < 4.78 is 39.0. The minimum atomic E-state index is -4.10. The lowest BCUT2D eigenvalue weighted by atomic mass is 9.99. The summed E-state index contributed by atoms with van der Waals surface area (Å²) in [6.45, 7) is 4.41. The molecule has 0 aliphatic carbocycles. The number of sulfonamides is 1. The van der Waals surface area contributed by atoms with Crippen molar-refractivity contribution in [2.45, 2.75) is 49.8 Å². The highest BCUT2D eigenvalue weighted by atomic mass is 32.2. The maximum absolute atomic E-state index is 13.6. The van der Waals surface area contributed by atoms with Crippen LogP contribution in [0.2, 0.25) is 0 Å². The second-order valence-electron chi connectivity index (χ2n) is 9.53. The van der Waals surface area contributed by atoms with Crippen LogP contribution in [0.5, 0.6) is 0 Å². The summed E-state index contributed by atoms with van der Waals surface area (Å²) in [5, 5.41) is 23.9. The van der Waals surface area contributed by atoms with Crippen molar-refractivity contribution in [1.82, 2.24) is 15.1 Å². The molecule has 3 N–H and O–H groups in total. The van der Waals surface area contributed by atoms with E-state index in [4.69, 9.17) is 9.47 Å². The van der Waals surface area contributed by atoms with Crippen LogP contribution in [0.15, 0.2) is 59.5 Å². The van der Waals surface area contributed by atoms with Gasteiger partial charge < -0.3 is 20.0 Å². The van der Waals surface area contributed by atoms with E-state index in [1.807, 2.05) is 44.2 Å². The molecule has 208 valence electrons. The van der Waals surface area contributed by atoms with Gasteiger partial charge >= 0.3 is 6.09 Å². The Bertz CT molecular complexity index is 1160. The Balaban J connectivity index is 1.86. The monoisotopic (exact) mass is 550 g/mol. The topological polar surface area (TPSA) is 160 Å². The summed E-state index contributed by atoms with van der Waals surface area (Å²) in [4.78, 5) is 23.0. The summed E-state index contributed by atoms with van der Waals surface area (Å²) in [5.74, 6) is -0.0740. The second kappa shape index (κ2) is 13.6. The number of ether oxygens (including phenoxy) is 2. The zero-order valence-corrected chi connectivity index (χ0v) is 22.2. The van der Waals surface area contributed by atoms with Crippen LogP contribution in [0.1, 0.15) is 25.8 Å². The number of nitro benzene ring substituents is 1. The lowest BCUT2D eigenvalue weighted by Crippen LogP contribution is -2.56. The second-order valence-corrected chi connectivity index (χ2v) is 11.5. The fraction of sp³-hybridized carbons (Fsp3) is 0.480. The van der Waals surface area contributed by atoms with Crippen LogP contribution in [0.3, 0.4) is 0 Å². The van der Waals surface area contributed by atoms with E-state index in [9.17, 15) is 28.5 Å². The van der Waals surface area contributed by atoms with Crippen LogP contribution in [0.4, 0.5) is 10.5 Å². The van der Waals surface area contributed by atoms with Gasteiger partial charge in [-0.3, -0.25) is 10.1 Å². The molecule has 13 heteroatoms. The first-order valence-electron chi connectivity index (χ1n) is 12.3. The minimum Gasteiger partial charge on any atom is -0.444 e. The number of nitro groups is 1. The number of hydrogen-bond acceptors (Lipinski definition) is 9. The van der Waals surface area contributed by atoms with Crippen LogP contribution < -0.4 is 10.8 Å². The third kappa shape index (κ3) is 8.20. The molecule has 0 radical (unpaired) electrons. The Kier molecular flexibility index (Phi) is 10.6. The number of carbonyl (C=O) groups excluding carboxylic acids is 1. The molecule has 1 aliphatic heterocycles. The summed E-state index contributed by atoms with van der Waals surface area (Å²) in [6.07, 6.45) is -0.223. The molecule has 12 nitrogen and oxygen atoms in total. The smallest absolute Gasteiger partial charge is 0.407 e. The molecule has 38 heavy (non-hydrogen) atoms. The predicted octanol–water partition coefficient (Wildman–Crippen LogP) is 2.72. The number of carbonyl (C=O) groups is 1. The van der Waals surface area contributed by atoms with Gasteiger partial charge in [-0.05, 0) is 30.0 Å². The Morgan fingerprint density at radius 3 is 2.39 bits per heavy atom. The normalized spacial score (nSPS) is 17.3.